The highest BCUT2D eigenvalue weighted by Gasteiger charge is 2.39. The second kappa shape index (κ2) is 3.63. The summed E-state index contributed by atoms with van der Waals surface area (Å²) >= 11 is 0. The lowest BCUT2D eigenvalue weighted by Crippen LogP contribution is -2.30. The average molecular weight is 207 g/mol. The molecule has 0 bridgehead atoms. The van der Waals surface area contributed by atoms with Crippen molar-refractivity contribution >= 4 is 0 Å². The Bertz CT molecular complexity index is 340. The Kier molecular flexibility index (Phi) is 2.59. The third-order valence-electron chi connectivity index (χ3n) is 3.97. The van der Waals surface area contributed by atoms with E-state index in [9.17, 15) is 0 Å². The van der Waals surface area contributed by atoms with Crippen molar-refractivity contribution in [3.05, 3.63) is 18.0 Å². The van der Waals surface area contributed by atoms with Crippen molar-refractivity contribution in [2.75, 3.05) is 0 Å². The number of aryl methyl sites for hydroxylation is 1. The van der Waals surface area contributed by atoms with Gasteiger partial charge in [0.1, 0.15) is 0 Å². The van der Waals surface area contributed by atoms with E-state index in [2.05, 4.69) is 18.9 Å². The molecular weight excluding hydrogens is 186 g/mol. The first kappa shape index (κ1) is 10.7. The zero-order valence-electron chi connectivity index (χ0n) is 9.90. The Hall–Kier alpha value is -0.830. The molecule has 2 N–H and O–H groups in total. The van der Waals surface area contributed by atoms with Gasteiger partial charge in [0.25, 0.3) is 0 Å². The van der Waals surface area contributed by atoms with Gasteiger partial charge in [0, 0.05) is 13.2 Å². The quantitative estimate of drug-likeness (QED) is 0.808. The fourth-order valence-electron chi connectivity index (χ4n) is 2.94. The first-order chi connectivity index (χ1) is 7.02. The molecule has 1 fully saturated rings. The number of rotatable bonds is 2. The minimum absolute atomic E-state index is 0.134. The first-order valence-electron chi connectivity index (χ1n) is 5.76. The van der Waals surface area contributed by atoms with Gasteiger partial charge in [0.15, 0.2) is 0 Å². The van der Waals surface area contributed by atoms with E-state index in [0.29, 0.717) is 11.3 Å². The summed E-state index contributed by atoms with van der Waals surface area (Å²) in [5.41, 5.74) is 7.90. The third kappa shape index (κ3) is 1.81. The maximum absolute atomic E-state index is 6.36. The van der Waals surface area contributed by atoms with Crippen molar-refractivity contribution in [3.8, 4) is 0 Å². The van der Waals surface area contributed by atoms with Crippen molar-refractivity contribution < 1.29 is 0 Å². The van der Waals surface area contributed by atoms with Gasteiger partial charge in [-0.3, -0.25) is 4.68 Å². The topological polar surface area (TPSA) is 43.8 Å². The van der Waals surface area contributed by atoms with E-state index in [1.807, 2.05) is 24.0 Å². The van der Waals surface area contributed by atoms with Crippen LogP contribution in [0.25, 0.3) is 0 Å². The smallest absolute Gasteiger partial charge is 0.0551 e. The molecular formula is C12H21N3. The SMILES string of the molecule is Cn1nccc1C(N)C1CCCC1(C)C. The molecule has 1 aliphatic carbocycles. The Balaban J connectivity index is 2.21. The third-order valence-corrected chi connectivity index (χ3v) is 3.97. The Morgan fingerprint density at radius 1 is 1.60 bits per heavy atom. The summed E-state index contributed by atoms with van der Waals surface area (Å²) in [7, 11) is 1.97. The van der Waals surface area contributed by atoms with Crippen LogP contribution in [0.4, 0.5) is 0 Å². The fourth-order valence-corrected chi connectivity index (χ4v) is 2.94. The van der Waals surface area contributed by atoms with Crippen molar-refractivity contribution in [1.29, 1.82) is 0 Å². The van der Waals surface area contributed by atoms with E-state index >= 15 is 0 Å². The number of hydrogen-bond acceptors (Lipinski definition) is 2. The Labute approximate surface area is 91.7 Å². The molecule has 0 saturated heterocycles. The lowest BCUT2D eigenvalue weighted by atomic mass is 9.77. The molecule has 0 aromatic carbocycles. The maximum Gasteiger partial charge on any atom is 0.0551 e. The van der Waals surface area contributed by atoms with Crippen LogP contribution in [0.5, 0.6) is 0 Å². The van der Waals surface area contributed by atoms with Gasteiger partial charge in [-0.15, -0.1) is 0 Å². The van der Waals surface area contributed by atoms with E-state index < -0.39 is 0 Å². The van der Waals surface area contributed by atoms with Crippen LogP contribution in [0, 0.1) is 11.3 Å². The van der Waals surface area contributed by atoms with Crippen LogP contribution in [0.15, 0.2) is 12.3 Å². The molecule has 15 heavy (non-hydrogen) atoms. The number of hydrogen-bond donors (Lipinski definition) is 1. The summed E-state index contributed by atoms with van der Waals surface area (Å²) in [4.78, 5) is 0. The van der Waals surface area contributed by atoms with Crippen LogP contribution in [0.2, 0.25) is 0 Å². The van der Waals surface area contributed by atoms with Gasteiger partial charge in [0.2, 0.25) is 0 Å². The standard InChI is InChI=1S/C12H21N3/c1-12(2)7-4-5-9(12)11(13)10-6-8-14-15(10)3/h6,8-9,11H,4-5,7,13H2,1-3H3. The zero-order chi connectivity index (χ0) is 11.1. The molecule has 3 nitrogen and oxygen atoms in total. The molecule has 0 aliphatic heterocycles. The summed E-state index contributed by atoms with van der Waals surface area (Å²) < 4.78 is 1.90. The normalized spacial score (nSPS) is 26.8. The van der Waals surface area contributed by atoms with Crippen molar-refractivity contribution in [2.45, 2.75) is 39.2 Å². The lowest BCUT2D eigenvalue weighted by molar-refractivity contribution is 0.217. The van der Waals surface area contributed by atoms with E-state index in [1.54, 1.807) is 0 Å². The molecule has 0 spiro atoms. The predicted octanol–water partition coefficient (Wildman–Crippen LogP) is 2.25. The van der Waals surface area contributed by atoms with Crippen LogP contribution in [0.3, 0.4) is 0 Å². The van der Waals surface area contributed by atoms with E-state index in [-0.39, 0.29) is 6.04 Å². The zero-order valence-corrected chi connectivity index (χ0v) is 9.90. The molecule has 1 aliphatic rings. The minimum atomic E-state index is 0.134. The highest BCUT2D eigenvalue weighted by Crippen LogP contribution is 2.47. The van der Waals surface area contributed by atoms with Crippen LogP contribution in [0.1, 0.15) is 44.8 Å². The second-order valence-corrected chi connectivity index (χ2v) is 5.39. The van der Waals surface area contributed by atoms with Gasteiger partial charge in [-0.1, -0.05) is 20.3 Å². The molecule has 3 heteroatoms. The van der Waals surface area contributed by atoms with Crippen LogP contribution in [-0.4, -0.2) is 9.78 Å². The average Bonchev–Trinajstić information content (AvgIpc) is 2.70. The largest absolute Gasteiger partial charge is 0.322 e. The summed E-state index contributed by atoms with van der Waals surface area (Å²) in [5, 5.41) is 4.19. The molecule has 1 saturated carbocycles. The summed E-state index contributed by atoms with van der Waals surface area (Å²) in [6.07, 6.45) is 5.68. The van der Waals surface area contributed by atoms with Gasteiger partial charge in [0.05, 0.1) is 11.7 Å². The second-order valence-electron chi connectivity index (χ2n) is 5.39. The molecule has 1 aromatic heterocycles. The molecule has 2 unspecified atom stereocenters. The predicted molar refractivity (Wildman–Crippen MR) is 61.3 cm³/mol. The number of nitrogens with zero attached hydrogens (tertiary/aromatic N) is 2. The molecule has 0 amide bonds. The van der Waals surface area contributed by atoms with E-state index in [0.717, 1.165) is 5.69 Å². The molecule has 2 rings (SSSR count). The summed E-state index contributed by atoms with van der Waals surface area (Å²) in [6.45, 7) is 4.67. The first-order valence-corrected chi connectivity index (χ1v) is 5.76. The van der Waals surface area contributed by atoms with E-state index in [1.165, 1.54) is 19.3 Å². The Morgan fingerprint density at radius 3 is 2.80 bits per heavy atom. The van der Waals surface area contributed by atoms with E-state index in [4.69, 9.17) is 5.73 Å². The van der Waals surface area contributed by atoms with Gasteiger partial charge in [-0.25, -0.2) is 0 Å². The van der Waals surface area contributed by atoms with Gasteiger partial charge >= 0.3 is 0 Å². The minimum Gasteiger partial charge on any atom is -0.322 e. The monoisotopic (exact) mass is 207 g/mol. The highest BCUT2D eigenvalue weighted by molar-refractivity contribution is 5.10. The van der Waals surface area contributed by atoms with Crippen LogP contribution < -0.4 is 5.73 Å². The molecule has 1 heterocycles. The number of nitrogens with two attached hydrogens (primary N) is 1. The molecule has 84 valence electrons. The fraction of sp³-hybridized carbons (Fsp3) is 0.750. The lowest BCUT2D eigenvalue weighted by Gasteiger charge is -2.31. The maximum atomic E-state index is 6.36. The number of aromatic nitrogens is 2. The summed E-state index contributed by atoms with van der Waals surface area (Å²) in [5.74, 6) is 0.591. The molecule has 2 atom stereocenters. The van der Waals surface area contributed by atoms with Crippen molar-refractivity contribution in [2.24, 2.45) is 24.1 Å². The van der Waals surface area contributed by atoms with Crippen LogP contribution in [-0.2, 0) is 7.05 Å². The molecule has 0 radical (unpaired) electrons. The molecule has 1 aromatic rings. The highest BCUT2D eigenvalue weighted by atomic mass is 15.3. The van der Waals surface area contributed by atoms with Crippen molar-refractivity contribution in [1.82, 2.24) is 9.78 Å². The summed E-state index contributed by atoms with van der Waals surface area (Å²) in [6, 6.07) is 2.17. The van der Waals surface area contributed by atoms with Gasteiger partial charge < -0.3 is 5.73 Å². The van der Waals surface area contributed by atoms with Gasteiger partial charge in [-0.05, 0) is 30.2 Å². The van der Waals surface area contributed by atoms with Crippen molar-refractivity contribution in [3.63, 3.8) is 0 Å². The Morgan fingerprint density at radius 2 is 2.33 bits per heavy atom. The van der Waals surface area contributed by atoms with Crippen LogP contribution >= 0.6 is 0 Å². The van der Waals surface area contributed by atoms with Gasteiger partial charge in [-0.2, -0.15) is 5.10 Å².